The van der Waals surface area contributed by atoms with Crippen LogP contribution in [0.25, 0.3) is 0 Å². The van der Waals surface area contributed by atoms with Crippen LogP contribution < -0.4 is 5.73 Å². The van der Waals surface area contributed by atoms with E-state index in [9.17, 15) is 4.79 Å². The first-order chi connectivity index (χ1) is 11.6. The van der Waals surface area contributed by atoms with Crippen molar-refractivity contribution in [2.45, 2.75) is 50.6 Å². The van der Waals surface area contributed by atoms with Crippen molar-refractivity contribution in [2.75, 3.05) is 26.7 Å². The van der Waals surface area contributed by atoms with Crippen LogP contribution in [0.2, 0.25) is 0 Å². The van der Waals surface area contributed by atoms with Gasteiger partial charge in [-0.2, -0.15) is 0 Å². The van der Waals surface area contributed by atoms with E-state index in [1.165, 1.54) is 5.56 Å². The summed E-state index contributed by atoms with van der Waals surface area (Å²) in [6, 6.07) is 10.6. The molecule has 1 aliphatic heterocycles. The van der Waals surface area contributed by atoms with Crippen molar-refractivity contribution in [1.82, 2.24) is 9.80 Å². The monoisotopic (exact) mass is 329 g/mol. The summed E-state index contributed by atoms with van der Waals surface area (Å²) in [5.74, 6) is 0.885. The minimum absolute atomic E-state index is 0.205. The van der Waals surface area contributed by atoms with E-state index >= 15 is 0 Å². The van der Waals surface area contributed by atoms with Gasteiger partial charge in [-0.25, -0.2) is 0 Å². The second kappa shape index (κ2) is 7.66. The van der Waals surface area contributed by atoms with Crippen molar-refractivity contribution < 1.29 is 4.79 Å². The van der Waals surface area contributed by atoms with Gasteiger partial charge in [0.05, 0.1) is 5.54 Å². The maximum Gasteiger partial charge on any atom is 0.242 e. The molecule has 1 aliphatic carbocycles. The van der Waals surface area contributed by atoms with Gasteiger partial charge in [0.15, 0.2) is 0 Å². The molecule has 0 atom stereocenters. The summed E-state index contributed by atoms with van der Waals surface area (Å²) in [7, 11) is 2.19. The Kier molecular flexibility index (Phi) is 5.57. The van der Waals surface area contributed by atoms with Gasteiger partial charge in [0.2, 0.25) is 5.91 Å². The predicted molar refractivity (Wildman–Crippen MR) is 97.5 cm³/mol. The summed E-state index contributed by atoms with van der Waals surface area (Å²) in [6.07, 6.45) is 6.13. The summed E-state index contributed by atoms with van der Waals surface area (Å²) >= 11 is 0. The lowest BCUT2D eigenvalue weighted by Gasteiger charge is -2.37. The Morgan fingerprint density at radius 2 is 1.83 bits per heavy atom. The molecular formula is C20H31N3O. The molecule has 1 aromatic rings. The fourth-order valence-electron chi connectivity index (χ4n) is 4.25. The van der Waals surface area contributed by atoms with E-state index in [1.54, 1.807) is 0 Å². The van der Waals surface area contributed by atoms with E-state index in [0.29, 0.717) is 5.92 Å². The molecule has 2 aliphatic rings. The van der Waals surface area contributed by atoms with Crippen LogP contribution in [-0.2, 0) is 11.3 Å². The highest BCUT2D eigenvalue weighted by Gasteiger charge is 2.40. The third-order valence-electron chi connectivity index (χ3n) is 5.69. The maximum atomic E-state index is 12.7. The second-order valence-corrected chi connectivity index (χ2v) is 7.78. The molecule has 0 aromatic heterocycles. The third kappa shape index (κ3) is 4.17. The molecule has 1 saturated heterocycles. The number of amides is 1. The molecule has 24 heavy (non-hydrogen) atoms. The lowest BCUT2D eigenvalue weighted by Crippen LogP contribution is -2.55. The Balaban J connectivity index is 1.44. The van der Waals surface area contributed by atoms with Crippen LogP contribution in [0.1, 0.15) is 44.1 Å². The molecule has 4 nitrogen and oxygen atoms in total. The standard InChI is InChI=1S/C20H31N3O/c1-22(15-17-7-3-2-4-8-17)16-18-9-13-23(14-10-18)19(24)20(21)11-5-6-12-20/h2-4,7-8,18H,5-6,9-16,21H2,1H3. The Morgan fingerprint density at radius 1 is 1.21 bits per heavy atom. The fraction of sp³-hybridized carbons (Fsp3) is 0.650. The van der Waals surface area contributed by atoms with Crippen molar-refractivity contribution in [3.8, 4) is 0 Å². The minimum atomic E-state index is -0.559. The molecule has 3 rings (SSSR count). The molecular weight excluding hydrogens is 298 g/mol. The van der Waals surface area contributed by atoms with Gasteiger partial charge in [-0.15, -0.1) is 0 Å². The highest BCUT2D eigenvalue weighted by Crippen LogP contribution is 2.30. The molecule has 0 spiro atoms. The number of rotatable bonds is 5. The van der Waals surface area contributed by atoms with E-state index in [0.717, 1.165) is 64.7 Å². The Bertz CT molecular complexity index is 531. The number of carbonyl (C=O) groups is 1. The van der Waals surface area contributed by atoms with Crippen molar-refractivity contribution in [3.05, 3.63) is 35.9 Å². The van der Waals surface area contributed by atoms with E-state index in [4.69, 9.17) is 5.73 Å². The van der Waals surface area contributed by atoms with Gasteiger partial charge in [-0.3, -0.25) is 4.79 Å². The number of piperidine rings is 1. The highest BCUT2D eigenvalue weighted by atomic mass is 16.2. The largest absolute Gasteiger partial charge is 0.341 e. The molecule has 4 heteroatoms. The molecule has 132 valence electrons. The maximum absolute atomic E-state index is 12.7. The Morgan fingerprint density at radius 3 is 2.46 bits per heavy atom. The first-order valence-corrected chi connectivity index (χ1v) is 9.37. The third-order valence-corrected chi connectivity index (χ3v) is 5.69. The first kappa shape index (κ1) is 17.4. The second-order valence-electron chi connectivity index (χ2n) is 7.78. The van der Waals surface area contributed by atoms with Crippen LogP contribution in [0, 0.1) is 5.92 Å². The summed E-state index contributed by atoms with van der Waals surface area (Å²) < 4.78 is 0. The van der Waals surface area contributed by atoms with E-state index in [2.05, 4.69) is 42.3 Å². The van der Waals surface area contributed by atoms with Crippen molar-refractivity contribution >= 4 is 5.91 Å². The molecule has 2 N–H and O–H groups in total. The smallest absolute Gasteiger partial charge is 0.242 e. The zero-order valence-corrected chi connectivity index (χ0v) is 14.9. The molecule has 0 radical (unpaired) electrons. The average Bonchev–Trinajstić information content (AvgIpc) is 3.04. The predicted octanol–water partition coefficient (Wildman–Crippen LogP) is 2.63. The van der Waals surface area contributed by atoms with Crippen LogP contribution >= 0.6 is 0 Å². The van der Waals surface area contributed by atoms with Gasteiger partial charge in [0.1, 0.15) is 0 Å². The van der Waals surface area contributed by atoms with Gasteiger partial charge >= 0.3 is 0 Å². The quantitative estimate of drug-likeness (QED) is 0.903. The van der Waals surface area contributed by atoms with Crippen LogP contribution in [0.5, 0.6) is 0 Å². The van der Waals surface area contributed by atoms with Crippen molar-refractivity contribution in [1.29, 1.82) is 0 Å². The Hall–Kier alpha value is -1.39. The summed E-state index contributed by atoms with van der Waals surface area (Å²) in [5.41, 5.74) is 7.14. The zero-order valence-electron chi connectivity index (χ0n) is 14.9. The molecule has 0 unspecified atom stereocenters. The van der Waals surface area contributed by atoms with Crippen LogP contribution in [0.3, 0.4) is 0 Å². The van der Waals surface area contributed by atoms with Crippen molar-refractivity contribution in [2.24, 2.45) is 11.7 Å². The van der Waals surface area contributed by atoms with Gasteiger partial charge in [-0.1, -0.05) is 43.2 Å². The van der Waals surface area contributed by atoms with Gasteiger partial charge < -0.3 is 15.5 Å². The van der Waals surface area contributed by atoms with Crippen LogP contribution in [0.4, 0.5) is 0 Å². The highest BCUT2D eigenvalue weighted by molar-refractivity contribution is 5.86. The van der Waals surface area contributed by atoms with Crippen LogP contribution in [0.15, 0.2) is 30.3 Å². The zero-order chi connectivity index (χ0) is 17.0. The number of hydrogen-bond donors (Lipinski definition) is 1. The lowest BCUT2D eigenvalue weighted by atomic mass is 9.92. The van der Waals surface area contributed by atoms with Gasteiger partial charge in [0, 0.05) is 26.2 Å². The number of nitrogens with zero attached hydrogens (tertiary/aromatic N) is 2. The number of hydrogen-bond acceptors (Lipinski definition) is 3. The van der Waals surface area contributed by atoms with Gasteiger partial charge in [0.25, 0.3) is 0 Å². The fourth-order valence-corrected chi connectivity index (χ4v) is 4.25. The number of nitrogens with two attached hydrogens (primary N) is 1. The normalized spacial score (nSPS) is 21.4. The van der Waals surface area contributed by atoms with Crippen LogP contribution in [-0.4, -0.2) is 47.9 Å². The van der Waals surface area contributed by atoms with Gasteiger partial charge in [-0.05, 0) is 44.2 Å². The van der Waals surface area contributed by atoms with E-state index in [1.807, 2.05) is 4.90 Å². The van der Waals surface area contributed by atoms with Crippen molar-refractivity contribution in [3.63, 3.8) is 0 Å². The molecule has 2 fully saturated rings. The topological polar surface area (TPSA) is 49.6 Å². The summed E-state index contributed by atoms with van der Waals surface area (Å²) in [4.78, 5) is 17.1. The minimum Gasteiger partial charge on any atom is -0.341 e. The Labute approximate surface area is 146 Å². The SMILES string of the molecule is CN(Cc1ccccc1)CC1CCN(C(=O)C2(N)CCCC2)CC1. The molecule has 1 amide bonds. The number of carbonyl (C=O) groups excluding carboxylic acids is 1. The summed E-state index contributed by atoms with van der Waals surface area (Å²) in [5, 5.41) is 0. The number of benzene rings is 1. The average molecular weight is 329 g/mol. The number of likely N-dealkylation sites (tertiary alicyclic amines) is 1. The molecule has 1 heterocycles. The lowest BCUT2D eigenvalue weighted by molar-refractivity contribution is -0.138. The first-order valence-electron chi connectivity index (χ1n) is 9.37. The molecule has 1 aromatic carbocycles. The van der Waals surface area contributed by atoms with E-state index < -0.39 is 5.54 Å². The molecule has 1 saturated carbocycles. The summed E-state index contributed by atoms with van der Waals surface area (Å²) in [6.45, 7) is 3.85. The molecule has 0 bridgehead atoms. The van der Waals surface area contributed by atoms with E-state index in [-0.39, 0.29) is 5.91 Å².